The number of amides is 1. The Kier molecular flexibility index (Phi) is 4.65. The molecule has 0 aliphatic carbocycles. The van der Waals surface area contributed by atoms with Gasteiger partial charge in [-0.05, 0) is 24.3 Å². The van der Waals surface area contributed by atoms with Crippen LogP contribution in [0.2, 0.25) is 5.02 Å². The third-order valence-corrected chi connectivity index (χ3v) is 3.22. The minimum Gasteiger partial charge on any atom is -0.449 e. The van der Waals surface area contributed by atoms with Gasteiger partial charge in [-0.3, -0.25) is 14.9 Å². The molecule has 10 heteroatoms. The molecule has 1 amide bonds. The Balaban J connectivity index is 2.45. The summed E-state index contributed by atoms with van der Waals surface area (Å²) in [4.78, 5) is 21.4. The summed E-state index contributed by atoms with van der Waals surface area (Å²) in [5.74, 6) is -1.47. The van der Waals surface area contributed by atoms with E-state index in [-0.39, 0.29) is 17.1 Å². The van der Waals surface area contributed by atoms with Crippen LogP contribution in [0.5, 0.6) is 11.5 Å². The zero-order valence-corrected chi connectivity index (χ0v) is 12.4. The number of rotatable bonds is 4. The first-order chi connectivity index (χ1) is 11.1. The van der Waals surface area contributed by atoms with E-state index in [1.807, 2.05) is 0 Å². The molecule has 0 aliphatic heterocycles. The highest BCUT2D eigenvalue weighted by atomic mass is 35.5. The molecule has 6 nitrogen and oxygen atoms in total. The lowest BCUT2D eigenvalue weighted by atomic mass is 10.1. The fourth-order valence-corrected chi connectivity index (χ4v) is 2.00. The summed E-state index contributed by atoms with van der Waals surface area (Å²) in [6.45, 7) is 0. The van der Waals surface area contributed by atoms with Gasteiger partial charge < -0.3 is 10.5 Å². The quantitative estimate of drug-likeness (QED) is 0.654. The van der Waals surface area contributed by atoms with Crippen molar-refractivity contribution in [1.82, 2.24) is 0 Å². The van der Waals surface area contributed by atoms with E-state index in [0.29, 0.717) is 12.1 Å². The molecule has 0 aromatic heterocycles. The van der Waals surface area contributed by atoms with Crippen LogP contribution < -0.4 is 10.5 Å². The van der Waals surface area contributed by atoms with Crippen molar-refractivity contribution in [1.29, 1.82) is 0 Å². The Hall–Kier alpha value is -2.81. The highest BCUT2D eigenvalue weighted by Gasteiger charge is 2.31. The van der Waals surface area contributed by atoms with E-state index < -0.39 is 33.3 Å². The van der Waals surface area contributed by atoms with Crippen molar-refractivity contribution in [3.05, 3.63) is 62.7 Å². The number of primary amides is 1. The number of ether oxygens (including phenoxy) is 1. The maximum Gasteiger partial charge on any atom is 0.416 e. The monoisotopic (exact) mass is 360 g/mol. The molecule has 0 aliphatic rings. The van der Waals surface area contributed by atoms with Crippen LogP contribution in [0.15, 0.2) is 36.4 Å². The number of halogens is 4. The number of alkyl halides is 3. The van der Waals surface area contributed by atoms with Crippen molar-refractivity contribution in [2.45, 2.75) is 6.18 Å². The van der Waals surface area contributed by atoms with Crippen LogP contribution >= 0.6 is 11.6 Å². The van der Waals surface area contributed by atoms with Crippen molar-refractivity contribution >= 4 is 23.2 Å². The van der Waals surface area contributed by atoms with Gasteiger partial charge in [-0.1, -0.05) is 11.6 Å². The van der Waals surface area contributed by atoms with Crippen molar-refractivity contribution in [2.24, 2.45) is 5.73 Å². The number of hydrogen-bond acceptors (Lipinski definition) is 4. The first-order valence-corrected chi connectivity index (χ1v) is 6.60. The zero-order valence-electron chi connectivity index (χ0n) is 11.6. The lowest BCUT2D eigenvalue weighted by Gasteiger charge is -2.11. The molecule has 0 heterocycles. The van der Waals surface area contributed by atoms with Gasteiger partial charge in [-0.25, -0.2) is 0 Å². The number of nitrogens with two attached hydrogens (primary N) is 1. The van der Waals surface area contributed by atoms with Gasteiger partial charge in [0.15, 0.2) is 0 Å². The number of nitro benzene ring substituents is 1. The molecule has 0 radical (unpaired) electrons. The third-order valence-electron chi connectivity index (χ3n) is 2.92. The number of carbonyl (C=O) groups is 1. The summed E-state index contributed by atoms with van der Waals surface area (Å²) < 4.78 is 43.0. The maximum atomic E-state index is 12.6. The van der Waals surface area contributed by atoms with E-state index in [1.54, 1.807) is 0 Å². The third kappa shape index (κ3) is 3.74. The van der Waals surface area contributed by atoms with Gasteiger partial charge >= 0.3 is 11.9 Å². The normalized spacial score (nSPS) is 11.2. The van der Waals surface area contributed by atoms with Crippen molar-refractivity contribution in [3.63, 3.8) is 0 Å². The molecule has 0 unspecified atom stereocenters. The molecule has 0 saturated carbocycles. The average Bonchev–Trinajstić information content (AvgIpc) is 2.47. The van der Waals surface area contributed by atoms with Crippen LogP contribution in [0.4, 0.5) is 18.9 Å². The lowest BCUT2D eigenvalue weighted by molar-refractivity contribution is -0.385. The Morgan fingerprint density at radius 3 is 2.33 bits per heavy atom. The Morgan fingerprint density at radius 2 is 1.83 bits per heavy atom. The van der Waals surface area contributed by atoms with Crippen molar-refractivity contribution < 1.29 is 27.6 Å². The second kappa shape index (κ2) is 6.36. The SMILES string of the molecule is NC(=O)c1ccc([N+](=O)[O-])c(Oc2ccc(C(F)(F)F)cc2Cl)c1. The van der Waals surface area contributed by atoms with Crippen LogP contribution in [0.1, 0.15) is 15.9 Å². The molecular formula is C14H8ClF3N2O4. The summed E-state index contributed by atoms with van der Waals surface area (Å²) >= 11 is 5.73. The summed E-state index contributed by atoms with van der Waals surface area (Å²) in [5, 5.41) is 10.6. The standard InChI is InChI=1S/C14H8ClF3N2O4/c15-9-6-8(14(16,17)18)2-4-11(9)24-12-5-7(13(19)21)1-3-10(12)20(22)23/h1-6H,(H2,19,21). The van der Waals surface area contributed by atoms with Gasteiger partial charge in [0.2, 0.25) is 11.7 Å². The molecule has 0 atom stereocenters. The summed E-state index contributed by atoms with van der Waals surface area (Å²) in [6, 6.07) is 5.39. The number of benzene rings is 2. The van der Waals surface area contributed by atoms with Crippen LogP contribution in [0.25, 0.3) is 0 Å². The van der Waals surface area contributed by atoms with E-state index in [1.165, 1.54) is 0 Å². The minimum atomic E-state index is -4.60. The number of carbonyl (C=O) groups excluding carboxylic acids is 1. The summed E-state index contributed by atoms with van der Waals surface area (Å²) in [5.41, 5.74) is 3.51. The maximum absolute atomic E-state index is 12.6. The van der Waals surface area contributed by atoms with Crippen LogP contribution in [-0.4, -0.2) is 10.8 Å². The molecule has 0 spiro atoms. The fourth-order valence-electron chi connectivity index (χ4n) is 1.78. The molecule has 2 aromatic carbocycles. The molecule has 0 bridgehead atoms. The molecular weight excluding hydrogens is 353 g/mol. The Labute approximate surface area is 137 Å². The van der Waals surface area contributed by atoms with E-state index in [9.17, 15) is 28.1 Å². The first kappa shape index (κ1) is 17.5. The van der Waals surface area contributed by atoms with E-state index in [2.05, 4.69) is 0 Å². The number of nitrogens with zero attached hydrogens (tertiary/aromatic N) is 1. The van der Waals surface area contributed by atoms with Gasteiger partial charge in [0.05, 0.1) is 15.5 Å². The molecule has 24 heavy (non-hydrogen) atoms. The van der Waals surface area contributed by atoms with Crippen LogP contribution in [0.3, 0.4) is 0 Å². The lowest BCUT2D eigenvalue weighted by Crippen LogP contribution is -2.11. The van der Waals surface area contributed by atoms with E-state index in [0.717, 1.165) is 24.3 Å². The Bertz CT molecular complexity index is 824. The Morgan fingerprint density at radius 1 is 1.17 bits per heavy atom. The molecule has 126 valence electrons. The molecule has 2 rings (SSSR count). The predicted molar refractivity (Wildman–Crippen MR) is 78.1 cm³/mol. The molecule has 0 saturated heterocycles. The summed E-state index contributed by atoms with van der Waals surface area (Å²) in [6.07, 6.45) is -4.60. The van der Waals surface area contributed by atoms with E-state index >= 15 is 0 Å². The average molecular weight is 361 g/mol. The largest absolute Gasteiger partial charge is 0.449 e. The van der Waals surface area contributed by atoms with Crippen LogP contribution in [-0.2, 0) is 6.18 Å². The zero-order chi connectivity index (χ0) is 18.1. The van der Waals surface area contributed by atoms with Crippen molar-refractivity contribution in [2.75, 3.05) is 0 Å². The topological polar surface area (TPSA) is 95.5 Å². The minimum absolute atomic E-state index is 0.0707. The predicted octanol–water partition coefficient (Wildman–Crippen LogP) is 4.16. The molecule has 2 N–H and O–H groups in total. The van der Waals surface area contributed by atoms with Crippen LogP contribution in [0, 0.1) is 10.1 Å². The second-order valence-electron chi connectivity index (χ2n) is 4.55. The van der Waals surface area contributed by atoms with E-state index in [4.69, 9.17) is 22.1 Å². The van der Waals surface area contributed by atoms with Gasteiger partial charge in [0.25, 0.3) is 0 Å². The highest BCUT2D eigenvalue weighted by molar-refractivity contribution is 6.32. The molecule has 0 fully saturated rings. The van der Waals surface area contributed by atoms with Crippen molar-refractivity contribution in [3.8, 4) is 11.5 Å². The summed E-state index contributed by atoms with van der Waals surface area (Å²) in [7, 11) is 0. The van der Waals surface area contributed by atoms with Gasteiger partial charge in [0.1, 0.15) is 5.75 Å². The fraction of sp³-hybridized carbons (Fsp3) is 0.0714. The smallest absolute Gasteiger partial charge is 0.416 e. The van der Waals surface area contributed by atoms with Gasteiger partial charge in [-0.15, -0.1) is 0 Å². The molecule has 2 aromatic rings. The van der Waals surface area contributed by atoms with Gasteiger partial charge in [0, 0.05) is 17.7 Å². The highest BCUT2D eigenvalue weighted by Crippen LogP contribution is 2.38. The first-order valence-electron chi connectivity index (χ1n) is 6.22. The number of nitro groups is 1. The second-order valence-corrected chi connectivity index (χ2v) is 4.96. The number of hydrogen-bond donors (Lipinski definition) is 1. The van der Waals surface area contributed by atoms with Gasteiger partial charge in [-0.2, -0.15) is 13.2 Å².